The number of hydrogen-bond acceptors (Lipinski definition) is 1. The van der Waals surface area contributed by atoms with Gasteiger partial charge in [-0.15, -0.1) is 0 Å². The van der Waals surface area contributed by atoms with Crippen LogP contribution >= 0.6 is 0 Å². The second-order valence-corrected chi connectivity index (χ2v) is 7.25. The van der Waals surface area contributed by atoms with E-state index in [1.54, 1.807) is 0 Å². The molecule has 0 spiro atoms. The van der Waals surface area contributed by atoms with Crippen molar-refractivity contribution in [2.45, 2.75) is 13.5 Å². The summed E-state index contributed by atoms with van der Waals surface area (Å²) in [6.07, 6.45) is 2.13. The van der Waals surface area contributed by atoms with Gasteiger partial charge in [0.25, 0.3) is 5.56 Å². The van der Waals surface area contributed by atoms with Gasteiger partial charge in [-0.25, -0.2) is 0 Å². The van der Waals surface area contributed by atoms with Gasteiger partial charge in [0, 0.05) is 29.3 Å². The first-order valence-electron chi connectivity index (χ1n) is 9.45. The minimum absolute atomic E-state index is 0.0425. The fourth-order valence-corrected chi connectivity index (χ4v) is 3.86. The minimum atomic E-state index is -0.0425. The van der Waals surface area contributed by atoms with Crippen LogP contribution in [0.2, 0.25) is 0 Å². The van der Waals surface area contributed by atoms with E-state index in [1.807, 2.05) is 25.1 Å². The van der Waals surface area contributed by atoms with Crippen molar-refractivity contribution in [1.82, 2.24) is 9.55 Å². The smallest absolute Gasteiger partial charge is 0.256 e. The maximum atomic E-state index is 12.5. The number of fused-ring (bicyclic) bond motifs is 2. The Balaban J connectivity index is 1.49. The zero-order valence-electron chi connectivity index (χ0n) is 15.6. The topological polar surface area (TPSA) is 37.8 Å². The van der Waals surface area contributed by atoms with Crippen molar-refractivity contribution in [3.05, 3.63) is 107 Å². The third-order valence-corrected chi connectivity index (χ3v) is 5.40. The Bertz CT molecular complexity index is 1360. The zero-order chi connectivity index (χ0) is 19.1. The summed E-state index contributed by atoms with van der Waals surface area (Å²) in [5.74, 6) is 0. The van der Waals surface area contributed by atoms with Gasteiger partial charge < -0.3 is 9.55 Å². The Hall–Kier alpha value is -3.59. The number of H-pyrrole nitrogens is 1. The number of benzene rings is 3. The summed E-state index contributed by atoms with van der Waals surface area (Å²) < 4.78 is 2.26. The molecule has 2 aromatic heterocycles. The number of pyridine rings is 1. The van der Waals surface area contributed by atoms with Crippen LogP contribution in [0, 0.1) is 6.92 Å². The number of aryl methyl sites for hydroxylation is 1. The summed E-state index contributed by atoms with van der Waals surface area (Å²) in [4.78, 5) is 15.5. The number of para-hydroxylation sites is 1. The van der Waals surface area contributed by atoms with Crippen LogP contribution in [-0.2, 0) is 6.54 Å². The fraction of sp³-hybridized carbons (Fsp3) is 0.0800. The van der Waals surface area contributed by atoms with Crippen molar-refractivity contribution in [3.63, 3.8) is 0 Å². The predicted molar refractivity (Wildman–Crippen MR) is 116 cm³/mol. The number of nitrogens with one attached hydrogen (secondary N) is 1. The normalized spacial score (nSPS) is 11.3. The summed E-state index contributed by atoms with van der Waals surface area (Å²) in [6.45, 7) is 2.86. The summed E-state index contributed by atoms with van der Waals surface area (Å²) >= 11 is 0. The number of nitrogens with zero attached hydrogens (tertiary/aromatic N) is 1. The maximum absolute atomic E-state index is 12.5. The quantitative estimate of drug-likeness (QED) is 0.450. The van der Waals surface area contributed by atoms with Gasteiger partial charge in [-0.3, -0.25) is 4.79 Å². The van der Waals surface area contributed by atoms with Crippen molar-refractivity contribution in [3.8, 4) is 11.3 Å². The highest BCUT2D eigenvalue weighted by molar-refractivity contribution is 5.87. The van der Waals surface area contributed by atoms with E-state index in [9.17, 15) is 4.79 Å². The molecule has 0 aliphatic carbocycles. The lowest BCUT2D eigenvalue weighted by atomic mass is 10.0. The van der Waals surface area contributed by atoms with Crippen LogP contribution < -0.4 is 5.56 Å². The van der Waals surface area contributed by atoms with Crippen LogP contribution in [0.25, 0.3) is 32.9 Å². The molecule has 3 nitrogen and oxygen atoms in total. The Morgan fingerprint density at radius 1 is 0.857 bits per heavy atom. The number of hydrogen-bond donors (Lipinski definition) is 1. The second-order valence-electron chi connectivity index (χ2n) is 7.25. The lowest BCUT2D eigenvalue weighted by Crippen LogP contribution is -2.07. The molecule has 0 aliphatic heterocycles. The maximum Gasteiger partial charge on any atom is 0.256 e. The van der Waals surface area contributed by atoms with Crippen LogP contribution in [0.5, 0.6) is 0 Å². The van der Waals surface area contributed by atoms with E-state index in [-0.39, 0.29) is 5.56 Å². The van der Waals surface area contributed by atoms with Crippen molar-refractivity contribution in [1.29, 1.82) is 0 Å². The summed E-state index contributed by atoms with van der Waals surface area (Å²) in [6, 6.07) is 26.9. The summed E-state index contributed by atoms with van der Waals surface area (Å²) in [7, 11) is 0. The van der Waals surface area contributed by atoms with Crippen LogP contribution in [0.3, 0.4) is 0 Å². The van der Waals surface area contributed by atoms with Crippen LogP contribution in [0.4, 0.5) is 0 Å². The molecule has 1 N–H and O–H groups in total. The van der Waals surface area contributed by atoms with E-state index < -0.39 is 0 Å². The Morgan fingerprint density at radius 3 is 2.54 bits per heavy atom. The van der Waals surface area contributed by atoms with Crippen LogP contribution in [0.1, 0.15) is 11.1 Å². The largest absolute Gasteiger partial charge is 0.343 e. The predicted octanol–water partition coefficient (Wildman–Crippen LogP) is 5.51. The molecule has 5 aromatic rings. The first-order chi connectivity index (χ1) is 13.7. The van der Waals surface area contributed by atoms with Crippen LogP contribution in [0.15, 0.2) is 89.9 Å². The minimum Gasteiger partial charge on any atom is -0.343 e. The molecule has 0 bridgehead atoms. The Kier molecular flexibility index (Phi) is 3.87. The van der Waals surface area contributed by atoms with Gasteiger partial charge in [0.1, 0.15) is 0 Å². The molecule has 2 heterocycles. The van der Waals surface area contributed by atoms with E-state index in [4.69, 9.17) is 0 Å². The molecule has 0 radical (unpaired) electrons. The first kappa shape index (κ1) is 16.6. The van der Waals surface area contributed by atoms with Gasteiger partial charge in [-0.1, -0.05) is 54.6 Å². The molecule has 0 amide bonds. The molecule has 0 atom stereocenters. The zero-order valence-corrected chi connectivity index (χ0v) is 15.6. The van der Waals surface area contributed by atoms with E-state index in [1.165, 1.54) is 16.5 Å². The number of aromatic nitrogens is 2. The highest BCUT2D eigenvalue weighted by atomic mass is 16.1. The highest BCUT2D eigenvalue weighted by Gasteiger charge is 2.07. The summed E-state index contributed by atoms with van der Waals surface area (Å²) in [5, 5.41) is 2.99. The molecule has 0 fully saturated rings. The SMILES string of the molecule is Cc1cccc2c(=O)[nH]c(-c3ccc(Cn4ccc5ccccc54)cc3)cc12. The Labute approximate surface area is 162 Å². The molecule has 3 aromatic carbocycles. The first-order valence-corrected chi connectivity index (χ1v) is 9.45. The van der Waals surface area contributed by atoms with Gasteiger partial charge >= 0.3 is 0 Å². The number of rotatable bonds is 3. The molecule has 0 saturated carbocycles. The van der Waals surface area contributed by atoms with Gasteiger partial charge in [-0.2, -0.15) is 0 Å². The van der Waals surface area contributed by atoms with E-state index in [0.29, 0.717) is 0 Å². The highest BCUT2D eigenvalue weighted by Crippen LogP contribution is 2.23. The molecule has 0 unspecified atom stereocenters. The van der Waals surface area contributed by atoms with Crippen LogP contribution in [-0.4, -0.2) is 9.55 Å². The van der Waals surface area contributed by atoms with Crippen molar-refractivity contribution < 1.29 is 0 Å². The van der Waals surface area contributed by atoms with E-state index >= 15 is 0 Å². The fourth-order valence-electron chi connectivity index (χ4n) is 3.86. The molecule has 0 aliphatic rings. The average Bonchev–Trinajstić information content (AvgIpc) is 3.12. The third-order valence-electron chi connectivity index (χ3n) is 5.40. The van der Waals surface area contributed by atoms with Gasteiger partial charge in [0.2, 0.25) is 0 Å². The van der Waals surface area contributed by atoms with Crippen molar-refractivity contribution in [2.24, 2.45) is 0 Å². The molecule has 5 rings (SSSR count). The number of aromatic amines is 1. The van der Waals surface area contributed by atoms with Gasteiger partial charge in [0.15, 0.2) is 0 Å². The average molecular weight is 364 g/mol. The molecule has 136 valence electrons. The molecular formula is C25H20N2O. The lowest BCUT2D eigenvalue weighted by molar-refractivity contribution is 0.837. The lowest BCUT2D eigenvalue weighted by Gasteiger charge is -2.09. The standard InChI is InChI=1S/C25H20N2O/c1-17-5-4-7-21-22(17)15-23(26-25(21)28)19-11-9-18(10-12-19)16-27-14-13-20-6-2-3-8-24(20)27/h2-15H,16H2,1H3,(H,26,28). The van der Waals surface area contributed by atoms with E-state index in [0.717, 1.165) is 34.1 Å². The summed E-state index contributed by atoms with van der Waals surface area (Å²) in [5.41, 5.74) is 5.40. The van der Waals surface area contributed by atoms with Crippen molar-refractivity contribution >= 4 is 21.7 Å². The van der Waals surface area contributed by atoms with Crippen molar-refractivity contribution in [2.75, 3.05) is 0 Å². The molecule has 28 heavy (non-hydrogen) atoms. The Morgan fingerprint density at radius 2 is 1.68 bits per heavy atom. The molecular weight excluding hydrogens is 344 g/mol. The third kappa shape index (κ3) is 2.81. The molecule has 0 saturated heterocycles. The van der Waals surface area contributed by atoms with Gasteiger partial charge in [-0.05, 0) is 58.7 Å². The monoisotopic (exact) mass is 364 g/mol. The second kappa shape index (κ2) is 6.54. The molecule has 3 heteroatoms. The van der Waals surface area contributed by atoms with Gasteiger partial charge in [0.05, 0.1) is 0 Å². The van der Waals surface area contributed by atoms with E-state index in [2.05, 4.69) is 76.4 Å².